The summed E-state index contributed by atoms with van der Waals surface area (Å²) in [6, 6.07) is 9.14. The molecule has 29 heavy (non-hydrogen) atoms. The van der Waals surface area contributed by atoms with Gasteiger partial charge in [0.05, 0.1) is 5.52 Å². The molecule has 1 aromatic carbocycles. The Kier molecular flexibility index (Phi) is 4.81. The fourth-order valence-corrected chi connectivity index (χ4v) is 3.35. The predicted molar refractivity (Wildman–Crippen MR) is 99.1 cm³/mol. The van der Waals surface area contributed by atoms with Gasteiger partial charge in [-0.05, 0) is 42.5 Å². The molecule has 3 aromatic rings. The molecule has 1 amide bonds. The summed E-state index contributed by atoms with van der Waals surface area (Å²) in [7, 11) is 0. The van der Waals surface area contributed by atoms with E-state index in [1.54, 1.807) is 4.90 Å². The second kappa shape index (κ2) is 7.31. The van der Waals surface area contributed by atoms with Crippen LogP contribution in [0.25, 0.3) is 10.9 Å². The highest BCUT2D eigenvalue weighted by molar-refractivity contribution is 5.94. The zero-order valence-electron chi connectivity index (χ0n) is 15.2. The van der Waals surface area contributed by atoms with Gasteiger partial charge in [-0.3, -0.25) is 4.79 Å². The molecule has 2 aromatic heterocycles. The number of carbonyl (C=O) groups is 1. The van der Waals surface area contributed by atoms with Crippen molar-refractivity contribution in [2.75, 3.05) is 31.1 Å². The van der Waals surface area contributed by atoms with Crippen LogP contribution in [0.1, 0.15) is 16.1 Å². The van der Waals surface area contributed by atoms with Crippen LogP contribution in [0.4, 0.5) is 23.4 Å². The van der Waals surface area contributed by atoms with Gasteiger partial charge in [-0.25, -0.2) is 14.4 Å². The lowest BCUT2D eigenvalue weighted by Gasteiger charge is -2.35. The summed E-state index contributed by atoms with van der Waals surface area (Å²) in [5, 5.41) is 0.527. The third kappa shape index (κ3) is 3.85. The number of alkyl halides is 3. The number of rotatable bonds is 2. The average Bonchev–Trinajstić information content (AvgIpc) is 2.72. The monoisotopic (exact) mass is 404 g/mol. The smallest absolute Gasteiger partial charge is 0.353 e. The molecule has 1 fully saturated rings. The molecule has 0 bridgehead atoms. The molecule has 0 unspecified atom stereocenters. The topological polar surface area (TPSA) is 49.3 Å². The summed E-state index contributed by atoms with van der Waals surface area (Å²) >= 11 is 0. The third-order valence-corrected chi connectivity index (χ3v) is 4.84. The number of hydrogen-bond acceptors (Lipinski definition) is 4. The van der Waals surface area contributed by atoms with E-state index in [1.807, 2.05) is 4.90 Å². The molecule has 4 rings (SSSR count). The van der Waals surface area contributed by atoms with Gasteiger partial charge in [0.1, 0.15) is 17.3 Å². The molecule has 0 atom stereocenters. The van der Waals surface area contributed by atoms with E-state index >= 15 is 0 Å². The standard InChI is InChI=1S/C20H16F4N4O/c21-14-3-1-13(2-4-14)19(29)28-11-9-27(10-12-28)18-15-5-6-17(20(22,23)24)26-16(15)7-8-25-18/h1-8H,9-12H2. The molecule has 9 heteroatoms. The summed E-state index contributed by atoms with van der Waals surface area (Å²) < 4.78 is 51.8. The van der Waals surface area contributed by atoms with E-state index in [2.05, 4.69) is 9.97 Å². The van der Waals surface area contributed by atoms with Crippen molar-refractivity contribution < 1.29 is 22.4 Å². The quantitative estimate of drug-likeness (QED) is 0.611. The molecular weight excluding hydrogens is 388 g/mol. The molecular formula is C20H16F4N4O. The second-order valence-electron chi connectivity index (χ2n) is 6.68. The molecule has 0 N–H and O–H groups in total. The lowest BCUT2D eigenvalue weighted by atomic mass is 10.1. The van der Waals surface area contributed by atoms with Crippen LogP contribution in [0, 0.1) is 5.82 Å². The Hall–Kier alpha value is -3.23. The Morgan fingerprint density at radius 1 is 0.931 bits per heavy atom. The van der Waals surface area contributed by atoms with Gasteiger partial charge in [-0.2, -0.15) is 13.2 Å². The molecule has 0 spiro atoms. The van der Waals surface area contributed by atoms with Crippen LogP contribution in [0.3, 0.4) is 0 Å². The Bertz CT molecular complexity index is 1040. The minimum atomic E-state index is -4.51. The highest BCUT2D eigenvalue weighted by Gasteiger charge is 2.33. The summed E-state index contributed by atoms with van der Waals surface area (Å²) in [6.45, 7) is 1.78. The first kappa shape index (κ1) is 19.1. The van der Waals surface area contributed by atoms with Gasteiger partial charge in [-0.15, -0.1) is 0 Å². The number of carbonyl (C=O) groups excluding carboxylic acids is 1. The molecule has 0 radical (unpaired) electrons. The summed E-state index contributed by atoms with van der Waals surface area (Å²) in [5.41, 5.74) is -0.321. The number of benzene rings is 1. The van der Waals surface area contributed by atoms with Crippen LogP contribution in [0.2, 0.25) is 0 Å². The van der Waals surface area contributed by atoms with Crippen molar-refractivity contribution >= 4 is 22.6 Å². The van der Waals surface area contributed by atoms with E-state index in [0.29, 0.717) is 42.9 Å². The van der Waals surface area contributed by atoms with E-state index in [4.69, 9.17) is 0 Å². The largest absolute Gasteiger partial charge is 0.433 e. The van der Waals surface area contributed by atoms with E-state index in [9.17, 15) is 22.4 Å². The number of amides is 1. The van der Waals surface area contributed by atoms with Crippen molar-refractivity contribution in [3.63, 3.8) is 0 Å². The van der Waals surface area contributed by atoms with Crippen LogP contribution in [0.15, 0.2) is 48.7 Å². The summed E-state index contributed by atoms with van der Waals surface area (Å²) in [5.74, 6) is -0.0553. The van der Waals surface area contributed by atoms with E-state index in [-0.39, 0.29) is 11.4 Å². The fraction of sp³-hybridized carbons (Fsp3) is 0.250. The van der Waals surface area contributed by atoms with Gasteiger partial charge in [0, 0.05) is 43.3 Å². The number of anilines is 1. The van der Waals surface area contributed by atoms with E-state index in [0.717, 1.165) is 6.07 Å². The number of piperazine rings is 1. The summed E-state index contributed by atoms with van der Waals surface area (Å²) in [4.78, 5) is 24.2. The molecule has 1 saturated heterocycles. The first-order chi connectivity index (χ1) is 13.8. The maximum absolute atomic E-state index is 13.0. The van der Waals surface area contributed by atoms with Gasteiger partial charge in [0.25, 0.3) is 5.91 Å². The first-order valence-electron chi connectivity index (χ1n) is 8.96. The lowest BCUT2D eigenvalue weighted by Crippen LogP contribution is -2.49. The van der Waals surface area contributed by atoms with Crippen LogP contribution in [0.5, 0.6) is 0 Å². The number of hydrogen-bond donors (Lipinski definition) is 0. The molecule has 1 aliphatic rings. The van der Waals surface area contributed by atoms with Gasteiger partial charge < -0.3 is 9.80 Å². The van der Waals surface area contributed by atoms with Gasteiger partial charge in [-0.1, -0.05) is 0 Å². The van der Waals surface area contributed by atoms with Crippen LogP contribution >= 0.6 is 0 Å². The number of aromatic nitrogens is 2. The van der Waals surface area contributed by atoms with Gasteiger partial charge in [0.2, 0.25) is 0 Å². The first-order valence-corrected chi connectivity index (χ1v) is 8.96. The maximum Gasteiger partial charge on any atom is 0.433 e. The fourth-order valence-electron chi connectivity index (χ4n) is 3.35. The van der Waals surface area contributed by atoms with Crippen LogP contribution < -0.4 is 4.90 Å². The van der Waals surface area contributed by atoms with Crippen molar-refractivity contribution in [1.29, 1.82) is 0 Å². The van der Waals surface area contributed by atoms with Crippen LogP contribution in [-0.4, -0.2) is 47.0 Å². The van der Waals surface area contributed by atoms with Crippen molar-refractivity contribution in [2.45, 2.75) is 6.18 Å². The molecule has 3 heterocycles. The Morgan fingerprint density at radius 2 is 1.62 bits per heavy atom. The summed E-state index contributed by atoms with van der Waals surface area (Å²) in [6.07, 6.45) is -3.08. The van der Waals surface area contributed by atoms with Crippen molar-refractivity contribution in [1.82, 2.24) is 14.9 Å². The number of pyridine rings is 2. The van der Waals surface area contributed by atoms with E-state index in [1.165, 1.54) is 42.6 Å². The maximum atomic E-state index is 13.0. The van der Waals surface area contributed by atoms with Crippen molar-refractivity contribution in [2.24, 2.45) is 0 Å². The zero-order chi connectivity index (χ0) is 20.6. The molecule has 1 aliphatic heterocycles. The second-order valence-corrected chi connectivity index (χ2v) is 6.68. The minimum Gasteiger partial charge on any atom is -0.353 e. The lowest BCUT2D eigenvalue weighted by molar-refractivity contribution is -0.140. The van der Waals surface area contributed by atoms with Crippen molar-refractivity contribution in [3.05, 3.63) is 65.7 Å². The number of nitrogens with zero attached hydrogens (tertiary/aromatic N) is 4. The molecule has 0 aliphatic carbocycles. The zero-order valence-corrected chi connectivity index (χ0v) is 15.2. The van der Waals surface area contributed by atoms with Gasteiger partial charge >= 0.3 is 6.18 Å². The predicted octanol–water partition coefficient (Wildman–Crippen LogP) is 3.75. The molecule has 0 saturated carbocycles. The molecule has 150 valence electrons. The highest BCUT2D eigenvalue weighted by atomic mass is 19.4. The van der Waals surface area contributed by atoms with Gasteiger partial charge in [0.15, 0.2) is 0 Å². The average molecular weight is 404 g/mol. The van der Waals surface area contributed by atoms with E-state index < -0.39 is 17.7 Å². The highest BCUT2D eigenvalue weighted by Crippen LogP contribution is 2.31. The normalized spacial score (nSPS) is 15.0. The Morgan fingerprint density at radius 3 is 2.28 bits per heavy atom. The minimum absolute atomic E-state index is 0.188. The third-order valence-electron chi connectivity index (χ3n) is 4.84. The SMILES string of the molecule is O=C(c1ccc(F)cc1)N1CCN(c2nccc3nc(C(F)(F)F)ccc23)CC1. The molecule has 5 nitrogen and oxygen atoms in total. The Balaban J connectivity index is 1.52. The Labute approximate surface area is 163 Å². The van der Waals surface area contributed by atoms with Crippen molar-refractivity contribution in [3.8, 4) is 0 Å². The number of fused-ring (bicyclic) bond motifs is 1. The van der Waals surface area contributed by atoms with Crippen LogP contribution in [-0.2, 0) is 6.18 Å². The number of halogens is 4.